The molecule has 11 heteroatoms. The Balaban J connectivity index is 1.17. The molecule has 6 rings (SSSR count). The van der Waals surface area contributed by atoms with E-state index < -0.39 is 24.1 Å². The lowest BCUT2D eigenvalue weighted by atomic mass is 9.68. The summed E-state index contributed by atoms with van der Waals surface area (Å²) < 4.78 is 46.8. The Labute approximate surface area is 229 Å². The van der Waals surface area contributed by atoms with Crippen LogP contribution in [0.2, 0.25) is 0 Å². The van der Waals surface area contributed by atoms with E-state index in [0.717, 1.165) is 24.3 Å². The molecule has 2 amide bonds. The molecule has 1 saturated heterocycles. The van der Waals surface area contributed by atoms with E-state index in [4.69, 9.17) is 9.72 Å². The van der Waals surface area contributed by atoms with Crippen molar-refractivity contribution >= 4 is 17.6 Å². The summed E-state index contributed by atoms with van der Waals surface area (Å²) in [5.41, 5.74) is 2.61. The maximum atomic E-state index is 13.2. The Bertz CT molecular complexity index is 1370. The minimum Gasteiger partial charge on any atom is -0.445 e. The summed E-state index contributed by atoms with van der Waals surface area (Å²) in [5.74, 6) is -1.06. The largest absolute Gasteiger partial charge is 0.445 e. The van der Waals surface area contributed by atoms with Crippen LogP contribution in [0, 0.1) is 29.6 Å². The SMILES string of the molecule is O=C(N[C@H](c1cn2nc(CC3C[C@@H](C(F)(F)F)CNC3=O)ccc2n1)C1CC(C2CC2)C1)OCc1ccccc1. The predicted molar refractivity (Wildman–Crippen MR) is 139 cm³/mol. The lowest BCUT2D eigenvalue weighted by molar-refractivity contribution is -0.183. The number of carbonyl (C=O) groups excluding carboxylic acids is 2. The van der Waals surface area contributed by atoms with Gasteiger partial charge in [0.15, 0.2) is 5.65 Å². The highest BCUT2D eigenvalue weighted by molar-refractivity contribution is 5.79. The average Bonchev–Trinajstić information content (AvgIpc) is 3.64. The Morgan fingerprint density at radius 1 is 1.10 bits per heavy atom. The van der Waals surface area contributed by atoms with Crippen molar-refractivity contribution in [1.29, 1.82) is 0 Å². The quantitative estimate of drug-likeness (QED) is 0.408. The number of halogens is 3. The normalized spacial score (nSPS) is 25.6. The van der Waals surface area contributed by atoms with Gasteiger partial charge in [-0.05, 0) is 67.6 Å². The molecule has 2 aliphatic carbocycles. The van der Waals surface area contributed by atoms with E-state index in [1.807, 2.05) is 30.3 Å². The van der Waals surface area contributed by atoms with E-state index in [1.54, 1.807) is 22.8 Å². The van der Waals surface area contributed by atoms with Crippen LogP contribution in [0.1, 0.15) is 55.1 Å². The fourth-order valence-corrected chi connectivity index (χ4v) is 6.04. The molecule has 3 aliphatic rings. The van der Waals surface area contributed by atoms with Crippen molar-refractivity contribution in [3.63, 3.8) is 0 Å². The van der Waals surface area contributed by atoms with Crippen LogP contribution in [0.25, 0.3) is 5.65 Å². The number of carbonyl (C=O) groups is 2. The zero-order valence-electron chi connectivity index (χ0n) is 21.9. The third-order valence-corrected chi connectivity index (χ3v) is 8.55. The molecule has 2 N–H and O–H groups in total. The summed E-state index contributed by atoms with van der Waals surface area (Å²) in [7, 11) is 0. The second kappa shape index (κ2) is 10.7. The molecule has 1 aliphatic heterocycles. The van der Waals surface area contributed by atoms with Gasteiger partial charge < -0.3 is 15.4 Å². The predicted octanol–water partition coefficient (Wildman–Crippen LogP) is 4.99. The molecule has 8 nitrogen and oxygen atoms in total. The van der Waals surface area contributed by atoms with E-state index in [0.29, 0.717) is 23.0 Å². The Kier molecular flexibility index (Phi) is 7.14. The first-order chi connectivity index (χ1) is 19.2. The number of benzene rings is 1. The second-order valence-electron chi connectivity index (χ2n) is 11.4. The van der Waals surface area contributed by atoms with Gasteiger partial charge in [-0.1, -0.05) is 30.3 Å². The Morgan fingerprint density at radius 2 is 1.88 bits per heavy atom. The summed E-state index contributed by atoms with van der Waals surface area (Å²) in [6.45, 7) is -0.226. The number of fused-ring (bicyclic) bond motifs is 1. The maximum Gasteiger partial charge on any atom is 0.408 e. The van der Waals surface area contributed by atoms with Crippen molar-refractivity contribution in [1.82, 2.24) is 25.2 Å². The number of hydrogen-bond donors (Lipinski definition) is 2. The van der Waals surface area contributed by atoms with Crippen LogP contribution >= 0.6 is 0 Å². The number of imidazole rings is 1. The van der Waals surface area contributed by atoms with Gasteiger partial charge in [0.25, 0.3) is 0 Å². The van der Waals surface area contributed by atoms with Crippen LogP contribution < -0.4 is 10.6 Å². The minimum atomic E-state index is -4.35. The first-order valence-electron chi connectivity index (χ1n) is 13.9. The first-order valence-corrected chi connectivity index (χ1v) is 13.9. The van der Waals surface area contributed by atoms with Gasteiger partial charge >= 0.3 is 12.3 Å². The molecule has 3 heterocycles. The fraction of sp³-hybridized carbons (Fsp3) is 0.517. The number of rotatable bonds is 8. The molecule has 3 fully saturated rings. The van der Waals surface area contributed by atoms with E-state index in [2.05, 4.69) is 15.7 Å². The average molecular weight is 556 g/mol. The van der Waals surface area contributed by atoms with Crippen LogP contribution in [0.5, 0.6) is 0 Å². The van der Waals surface area contributed by atoms with Crippen LogP contribution in [0.15, 0.2) is 48.7 Å². The number of ether oxygens (including phenoxy) is 1. The van der Waals surface area contributed by atoms with Crippen molar-refractivity contribution in [3.05, 3.63) is 65.6 Å². The highest BCUT2D eigenvalue weighted by Gasteiger charge is 2.46. The molecule has 2 saturated carbocycles. The first kappa shape index (κ1) is 26.6. The highest BCUT2D eigenvalue weighted by Crippen LogP contribution is 2.52. The van der Waals surface area contributed by atoms with Gasteiger partial charge in [-0.3, -0.25) is 4.79 Å². The van der Waals surface area contributed by atoms with E-state index in [-0.39, 0.29) is 43.9 Å². The van der Waals surface area contributed by atoms with E-state index in [9.17, 15) is 22.8 Å². The minimum absolute atomic E-state index is 0.0983. The van der Waals surface area contributed by atoms with E-state index >= 15 is 0 Å². The molecule has 2 aromatic heterocycles. The zero-order chi connectivity index (χ0) is 27.9. The van der Waals surface area contributed by atoms with Gasteiger partial charge in [-0.15, -0.1) is 0 Å². The van der Waals surface area contributed by atoms with Crippen molar-refractivity contribution in [2.45, 2.75) is 57.3 Å². The number of alkyl carbamates (subject to hydrolysis) is 1. The van der Waals surface area contributed by atoms with Crippen molar-refractivity contribution in [3.8, 4) is 0 Å². The number of aromatic nitrogens is 3. The van der Waals surface area contributed by atoms with Gasteiger partial charge in [0, 0.05) is 18.9 Å². The van der Waals surface area contributed by atoms with Crippen LogP contribution in [-0.4, -0.2) is 39.3 Å². The number of nitrogens with one attached hydrogen (secondary N) is 2. The van der Waals surface area contributed by atoms with Crippen LogP contribution in [-0.2, 0) is 22.6 Å². The molecule has 212 valence electrons. The number of amides is 2. The Morgan fingerprint density at radius 3 is 2.60 bits per heavy atom. The molecule has 0 spiro atoms. The molecule has 40 heavy (non-hydrogen) atoms. The monoisotopic (exact) mass is 555 g/mol. The zero-order valence-corrected chi connectivity index (χ0v) is 21.9. The molecule has 1 aromatic carbocycles. The summed E-state index contributed by atoms with van der Waals surface area (Å²) >= 11 is 0. The molecule has 1 unspecified atom stereocenters. The van der Waals surface area contributed by atoms with Gasteiger partial charge in [0.1, 0.15) is 6.61 Å². The Hall–Kier alpha value is -3.63. The summed E-state index contributed by atoms with van der Waals surface area (Å²) in [5, 5.41) is 9.97. The number of alkyl halides is 3. The summed E-state index contributed by atoms with van der Waals surface area (Å²) in [6.07, 6.45) is 1.30. The van der Waals surface area contributed by atoms with Crippen molar-refractivity contribution < 1.29 is 27.5 Å². The summed E-state index contributed by atoms with van der Waals surface area (Å²) in [6, 6.07) is 12.5. The van der Waals surface area contributed by atoms with Crippen molar-refractivity contribution in [2.75, 3.05) is 6.54 Å². The van der Waals surface area contributed by atoms with Gasteiger partial charge in [-0.25, -0.2) is 14.3 Å². The third-order valence-electron chi connectivity index (χ3n) is 8.55. The molecular formula is C29H32F3N5O3. The maximum absolute atomic E-state index is 13.2. The smallest absolute Gasteiger partial charge is 0.408 e. The lowest BCUT2D eigenvalue weighted by Crippen LogP contribution is -2.47. The molecular weight excluding hydrogens is 523 g/mol. The molecule has 3 aromatic rings. The van der Waals surface area contributed by atoms with Gasteiger partial charge in [-0.2, -0.15) is 18.3 Å². The molecule has 3 atom stereocenters. The molecule has 0 radical (unpaired) electrons. The van der Waals surface area contributed by atoms with E-state index in [1.165, 1.54) is 12.8 Å². The molecule has 0 bridgehead atoms. The standard InChI is InChI=1S/C29H32F3N5O3/c30-29(31,32)22-12-21(27(38)33-14-22)13-23-8-9-25-34-24(15-37(25)36-23)26(20-10-19(11-20)18-6-7-18)35-28(39)40-16-17-4-2-1-3-5-17/h1-5,8-9,15,18-22,26H,6-7,10-14,16H2,(H,33,38)(H,35,39)/t19?,20?,21?,22-,26+/m1/s1. The second-order valence-corrected chi connectivity index (χ2v) is 11.4. The van der Waals surface area contributed by atoms with Gasteiger partial charge in [0.2, 0.25) is 5.91 Å². The van der Waals surface area contributed by atoms with Gasteiger partial charge in [0.05, 0.1) is 29.5 Å². The number of hydrogen-bond acceptors (Lipinski definition) is 5. The number of piperidine rings is 1. The van der Waals surface area contributed by atoms with Crippen LogP contribution in [0.3, 0.4) is 0 Å². The lowest BCUT2D eigenvalue weighted by Gasteiger charge is -2.40. The highest BCUT2D eigenvalue weighted by atomic mass is 19.4. The third kappa shape index (κ3) is 5.93. The summed E-state index contributed by atoms with van der Waals surface area (Å²) in [4.78, 5) is 29.8. The van der Waals surface area contributed by atoms with Crippen LogP contribution in [0.4, 0.5) is 18.0 Å². The topological polar surface area (TPSA) is 97.6 Å². The van der Waals surface area contributed by atoms with Crippen molar-refractivity contribution in [2.24, 2.45) is 29.6 Å². The number of nitrogens with zero attached hydrogens (tertiary/aromatic N) is 3. The fourth-order valence-electron chi connectivity index (χ4n) is 6.04.